The molecule has 1 heterocycles. The van der Waals surface area contributed by atoms with Crippen LogP contribution < -0.4 is 9.47 Å². The van der Waals surface area contributed by atoms with Gasteiger partial charge < -0.3 is 14.6 Å². The molecule has 0 aliphatic heterocycles. The monoisotopic (exact) mass is 635 g/mol. The second-order valence-electron chi connectivity index (χ2n) is 14.8. The van der Waals surface area contributed by atoms with Crippen molar-refractivity contribution in [1.82, 2.24) is 4.98 Å². The number of halogens is 3. The van der Waals surface area contributed by atoms with E-state index in [0.717, 1.165) is 42.0 Å². The van der Waals surface area contributed by atoms with E-state index in [9.17, 15) is 9.90 Å². The first-order valence-corrected chi connectivity index (χ1v) is 16.5. The van der Waals surface area contributed by atoms with Crippen LogP contribution >= 0.6 is 0 Å². The number of benzene rings is 2. The number of hydrogen-bond donors (Lipinski definition) is 1. The third-order valence-corrected chi connectivity index (χ3v) is 11.3. The number of hydrogen-bond acceptors (Lipinski definition) is 4. The minimum atomic E-state index is -0.980. The van der Waals surface area contributed by atoms with E-state index >= 15 is 13.2 Å². The minimum absolute atomic E-state index is 0.0225. The molecule has 246 valence electrons. The van der Waals surface area contributed by atoms with Crippen LogP contribution in [-0.4, -0.2) is 23.2 Å². The highest BCUT2D eigenvalue weighted by Gasteiger charge is 2.63. The Labute approximate surface area is 269 Å². The first-order valence-electron chi connectivity index (χ1n) is 16.5. The van der Waals surface area contributed by atoms with Crippen molar-refractivity contribution >= 4 is 5.97 Å². The largest absolute Gasteiger partial charge is 0.486 e. The van der Waals surface area contributed by atoms with Crippen molar-refractivity contribution in [3.05, 3.63) is 75.7 Å². The molecule has 1 aromatic heterocycles. The first-order chi connectivity index (χ1) is 21.8. The number of rotatable bonds is 10. The third-order valence-electron chi connectivity index (χ3n) is 11.3. The van der Waals surface area contributed by atoms with Gasteiger partial charge in [0.2, 0.25) is 5.88 Å². The lowest BCUT2D eigenvalue weighted by Gasteiger charge is -2.30. The van der Waals surface area contributed by atoms with E-state index in [-0.39, 0.29) is 46.6 Å². The summed E-state index contributed by atoms with van der Waals surface area (Å²) < 4.78 is 58.8. The Morgan fingerprint density at radius 3 is 2.46 bits per heavy atom. The fraction of sp³-hybridized carbons (Fsp3) is 0.526. The van der Waals surface area contributed by atoms with Crippen LogP contribution in [0.25, 0.3) is 11.1 Å². The van der Waals surface area contributed by atoms with Gasteiger partial charge in [-0.3, -0.25) is 4.79 Å². The summed E-state index contributed by atoms with van der Waals surface area (Å²) in [5.41, 5.74) is 2.89. The Hall–Kier alpha value is -3.55. The van der Waals surface area contributed by atoms with Gasteiger partial charge in [0.15, 0.2) is 17.4 Å². The lowest BCUT2D eigenvalue weighted by Crippen LogP contribution is -2.17. The van der Waals surface area contributed by atoms with Gasteiger partial charge in [-0.15, -0.1) is 0 Å². The summed E-state index contributed by atoms with van der Waals surface area (Å²) in [6.07, 6.45) is 4.58. The smallest absolute Gasteiger partial charge is 0.307 e. The van der Waals surface area contributed by atoms with E-state index in [1.54, 1.807) is 6.07 Å². The number of nitrogens with zero attached hydrogens (tertiary/aromatic N) is 1. The highest BCUT2D eigenvalue weighted by Crippen LogP contribution is 2.63. The molecule has 8 heteroatoms. The number of carbonyl (C=O) groups is 1. The number of methoxy groups -OCH3 is 1. The summed E-state index contributed by atoms with van der Waals surface area (Å²) >= 11 is 0. The molecule has 2 saturated carbocycles. The van der Waals surface area contributed by atoms with E-state index in [1.165, 1.54) is 7.11 Å². The minimum Gasteiger partial charge on any atom is -0.486 e. The molecule has 4 atom stereocenters. The van der Waals surface area contributed by atoms with Crippen LogP contribution in [0, 0.1) is 40.6 Å². The van der Waals surface area contributed by atoms with Crippen LogP contribution in [0.3, 0.4) is 0 Å². The average Bonchev–Trinajstić information content (AvgIpc) is 3.45. The molecule has 5 nitrogen and oxygen atoms in total. The molecule has 0 bridgehead atoms. The summed E-state index contributed by atoms with van der Waals surface area (Å²) in [4.78, 5) is 16.2. The zero-order valence-corrected chi connectivity index (χ0v) is 27.6. The predicted molar refractivity (Wildman–Crippen MR) is 171 cm³/mol. The molecule has 3 aromatic rings. The van der Waals surface area contributed by atoms with Crippen molar-refractivity contribution in [3.8, 4) is 22.8 Å². The van der Waals surface area contributed by atoms with Crippen molar-refractivity contribution in [1.29, 1.82) is 0 Å². The van der Waals surface area contributed by atoms with Gasteiger partial charge >= 0.3 is 5.97 Å². The maximum atomic E-state index is 16.3. The number of carboxylic acids is 1. The van der Waals surface area contributed by atoms with E-state index in [0.29, 0.717) is 48.7 Å². The lowest BCUT2D eigenvalue weighted by molar-refractivity contribution is -0.139. The molecule has 3 aliphatic carbocycles. The highest BCUT2D eigenvalue weighted by atomic mass is 19.1. The van der Waals surface area contributed by atoms with Crippen molar-refractivity contribution < 1.29 is 32.5 Å². The van der Waals surface area contributed by atoms with Gasteiger partial charge in [0.1, 0.15) is 12.4 Å². The Morgan fingerprint density at radius 2 is 1.83 bits per heavy atom. The first kappa shape index (κ1) is 32.4. The number of carboxylic acid groups (broad SMARTS) is 1. The SMILES string of the molecule is COc1cc(-c2ccc(COc3cc(F)c4c(c3F)C3(CC4)CC3C(=O)O)cc2C2CCCC2(C)C)c(F)c(CC(C)C(C)C)n1. The van der Waals surface area contributed by atoms with Gasteiger partial charge in [-0.25, -0.2) is 18.2 Å². The molecule has 3 aliphatic rings. The molecule has 4 unspecified atom stereocenters. The number of ether oxygens (including phenoxy) is 2. The predicted octanol–water partition coefficient (Wildman–Crippen LogP) is 9.17. The highest BCUT2D eigenvalue weighted by molar-refractivity contribution is 5.78. The van der Waals surface area contributed by atoms with Gasteiger partial charge in [-0.05, 0) is 83.9 Å². The van der Waals surface area contributed by atoms with Gasteiger partial charge in [-0.1, -0.05) is 59.2 Å². The molecule has 2 fully saturated rings. The molecule has 6 rings (SSSR count). The van der Waals surface area contributed by atoms with E-state index in [1.807, 2.05) is 18.2 Å². The summed E-state index contributed by atoms with van der Waals surface area (Å²) in [7, 11) is 1.54. The fourth-order valence-corrected chi connectivity index (χ4v) is 8.00. The molecule has 0 saturated heterocycles. The maximum Gasteiger partial charge on any atom is 0.307 e. The van der Waals surface area contributed by atoms with Crippen LogP contribution in [-0.2, 0) is 29.7 Å². The molecular formula is C38H44F3NO4. The number of aliphatic carboxylic acids is 1. The third kappa shape index (κ3) is 5.56. The van der Waals surface area contributed by atoms with Crippen LogP contribution in [0.4, 0.5) is 13.2 Å². The summed E-state index contributed by atoms with van der Waals surface area (Å²) in [6.45, 7) is 10.8. The van der Waals surface area contributed by atoms with Gasteiger partial charge in [-0.2, -0.15) is 0 Å². The van der Waals surface area contributed by atoms with Gasteiger partial charge in [0.05, 0.1) is 18.7 Å². The van der Waals surface area contributed by atoms with Crippen molar-refractivity contribution in [2.24, 2.45) is 23.2 Å². The molecule has 0 radical (unpaired) electrons. The van der Waals surface area contributed by atoms with Crippen LogP contribution in [0.5, 0.6) is 11.6 Å². The molecule has 1 spiro atoms. The molecular weight excluding hydrogens is 591 g/mol. The van der Waals surface area contributed by atoms with E-state index in [2.05, 4.69) is 39.6 Å². The Kier molecular flexibility index (Phi) is 8.39. The number of aromatic nitrogens is 1. The number of fused-ring (bicyclic) bond motifs is 2. The van der Waals surface area contributed by atoms with Crippen LogP contribution in [0.1, 0.15) is 101 Å². The van der Waals surface area contributed by atoms with Crippen molar-refractivity contribution in [3.63, 3.8) is 0 Å². The Bertz CT molecular complexity index is 1690. The molecule has 2 aromatic carbocycles. The van der Waals surface area contributed by atoms with Crippen LogP contribution in [0.2, 0.25) is 0 Å². The molecule has 46 heavy (non-hydrogen) atoms. The second-order valence-corrected chi connectivity index (χ2v) is 14.8. The Balaban J connectivity index is 1.37. The average molecular weight is 636 g/mol. The number of pyridine rings is 1. The van der Waals surface area contributed by atoms with E-state index in [4.69, 9.17) is 9.47 Å². The summed E-state index contributed by atoms with van der Waals surface area (Å²) in [6, 6.07) is 8.50. The fourth-order valence-electron chi connectivity index (χ4n) is 8.00. The van der Waals surface area contributed by atoms with Crippen LogP contribution in [0.15, 0.2) is 30.3 Å². The summed E-state index contributed by atoms with van der Waals surface area (Å²) in [5, 5.41) is 9.58. The standard InChI is InChI=1S/C38H44F3NO4/c1-20(2)21(3)14-30-34(40)26(16-32(42-30)45-6)23-10-9-22(15-25(23)27-8-7-12-37(27,4)5)19-46-31-17-29(39)24-11-13-38(33(24)35(31)41)18-28(38)36(43)44/h9-10,15-17,20-21,27-28H,7-8,11-14,18-19H2,1-6H3,(H,43,44). The van der Waals surface area contributed by atoms with Crippen molar-refractivity contribution in [2.45, 2.75) is 97.5 Å². The topological polar surface area (TPSA) is 68.7 Å². The Morgan fingerprint density at radius 1 is 1.07 bits per heavy atom. The normalized spacial score (nSPS) is 23.5. The second kappa shape index (κ2) is 11.9. The molecule has 1 N–H and O–H groups in total. The van der Waals surface area contributed by atoms with E-state index < -0.39 is 28.9 Å². The zero-order valence-electron chi connectivity index (χ0n) is 27.6. The van der Waals surface area contributed by atoms with Crippen molar-refractivity contribution in [2.75, 3.05) is 7.11 Å². The lowest BCUT2D eigenvalue weighted by atomic mass is 9.75. The quantitative estimate of drug-likeness (QED) is 0.241. The zero-order chi connectivity index (χ0) is 33.1. The maximum absolute atomic E-state index is 16.3. The summed E-state index contributed by atoms with van der Waals surface area (Å²) in [5.74, 6) is -2.38. The van der Waals surface area contributed by atoms with Gasteiger partial charge in [0.25, 0.3) is 0 Å². The molecule has 0 amide bonds. The van der Waals surface area contributed by atoms with Gasteiger partial charge in [0, 0.05) is 28.7 Å².